The number of hydrogen-bond acceptors (Lipinski definition) is 7. The number of benzene rings is 1. The third kappa shape index (κ3) is 3.70. The Labute approximate surface area is 160 Å². The molecule has 0 aliphatic rings. The molecule has 0 aliphatic carbocycles. The van der Waals surface area contributed by atoms with Gasteiger partial charge in [0.25, 0.3) is 5.56 Å². The number of nitrogens with one attached hydrogen (secondary N) is 1. The van der Waals surface area contributed by atoms with E-state index in [1.807, 2.05) is 0 Å². The van der Waals surface area contributed by atoms with Gasteiger partial charge in [-0.2, -0.15) is 0 Å². The summed E-state index contributed by atoms with van der Waals surface area (Å²) in [5.41, 5.74) is 4.86. The summed E-state index contributed by atoms with van der Waals surface area (Å²) in [6.45, 7) is 0. The number of rotatable bonds is 6. The topological polar surface area (TPSA) is 127 Å². The summed E-state index contributed by atoms with van der Waals surface area (Å²) >= 11 is 0. The van der Waals surface area contributed by atoms with Crippen LogP contribution in [0.1, 0.15) is 5.56 Å². The largest absolute Gasteiger partial charge is 0.493 e. The first-order valence-corrected chi connectivity index (χ1v) is 8.10. The van der Waals surface area contributed by atoms with Crippen LogP contribution in [-0.2, 0) is 18.9 Å². The first-order chi connectivity index (χ1) is 13.3. The number of methoxy groups -OCH3 is 3. The molecule has 0 aliphatic heterocycles. The Morgan fingerprint density at radius 3 is 2.25 bits per heavy atom. The highest BCUT2D eigenvalue weighted by Gasteiger charge is 2.16. The fourth-order valence-corrected chi connectivity index (χ4v) is 2.56. The highest BCUT2D eigenvalue weighted by Crippen LogP contribution is 2.40. The highest BCUT2D eigenvalue weighted by molar-refractivity contribution is 6.03. The van der Waals surface area contributed by atoms with E-state index in [0.717, 1.165) is 9.13 Å². The summed E-state index contributed by atoms with van der Waals surface area (Å²) in [5.74, 6) is 0.479. The molecule has 1 heterocycles. The van der Waals surface area contributed by atoms with E-state index in [1.54, 1.807) is 12.1 Å². The van der Waals surface area contributed by atoms with E-state index in [2.05, 4.69) is 5.32 Å². The highest BCUT2D eigenvalue weighted by atomic mass is 16.5. The minimum atomic E-state index is -0.703. The van der Waals surface area contributed by atoms with Crippen LogP contribution in [0.15, 0.2) is 27.8 Å². The van der Waals surface area contributed by atoms with Crippen molar-refractivity contribution >= 4 is 23.5 Å². The maximum Gasteiger partial charge on any atom is 0.332 e. The van der Waals surface area contributed by atoms with Gasteiger partial charge in [0.1, 0.15) is 11.5 Å². The molecule has 150 valence electrons. The molecule has 0 unspecified atom stereocenters. The molecule has 28 heavy (non-hydrogen) atoms. The van der Waals surface area contributed by atoms with Crippen molar-refractivity contribution in [2.24, 2.45) is 14.1 Å². The monoisotopic (exact) mass is 390 g/mol. The molecule has 1 amide bonds. The number of anilines is 2. The number of carbonyl (C=O) groups is 1. The predicted molar refractivity (Wildman–Crippen MR) is 105 cm³/mol. The van der Waals surface area contributed by atoms with Gasteiger partial charge in [0, 0.05) is 25.7 Å². The second-order valence-electron chi connectivity index (χ2n) is 5.71. The van der Waals surface area contributed by atoms with Crippen LogP contribution >= 0.6 is 0 Å². The van der Waals surface area contributed by atoms with Crippen LogP contribution < -0.4 is 36.5 Å². The number of nitrogens with zero attached hydrogens (tertiary/aromatic N) is 2. The third-order valence-corrected chi connectivity index (χ3v) is 4.11. The van der Waals surface area contributed by atoms with E-state index >= 15 is 0 Å². The van der Waals surface area contributed by atoms with Crippen LogP contribution in [-0.4, -0.2) is 36.4 Å². The first kappa shape index (κ1) is 20.6. The molecule has 10 heteroatoms. The molecule has 0 saturated heterocycles. The van der Waals surface area contributed by atoms with Gasteiger partial charge in [-0.15, -0.1) is 0 Å². The predicted octanol–water partition coefficient (Wildman–Crippen LogP) is 0.344. The molecule has 0 atom stereocenters. The van der Waals surface area contributed by atoms with Crippen LogP contribution in [0, 0.1) is 0 Å². The smallest absolute Gasteiger partial charge is 0.332 e. The number of aromatic nitrogens is 2. The molecule has 0 radical (unpaired) electrons. The molecular formula is C18H22N4O6. The number of nitrogens with two attached hydrogens (primary N) is 1. The molecule has 3 N–H and O–H groups in total. The van der Waals surface area contributed by atoms with Crippen LogP contribution in [0.2, 0.25) is 0 Å². The van der Waals surface area contributed by atoms with Gasteiger partial charge in [-0.3, -0.25) is 18.7 Å². The van der Waals surface area contributed by atoms with Crippen LogP contribution in [0.25, 0.3) is 6.08 Å². The molecule has 1 aromatic carbocycles. The number of hydrogen-bond donors (Lipinski definition) is 2. The SMILES string of the molecule is COc1ccc(/C=C/C(=O)Nc2c(N)n(C)c(=O)n(C)c2=O)c(OC)c1OC. The minimum Gasteiger partial charge on any atom is -0.493 e. The second kappa shape index (κ2) is 8.33. The van der Waals surface area contributed by atoms with Crippen molar-refractivity contribution in [3.05, 3.63) is 44.6 Å². The van der Waals surface area contributed by atoms with Crippen molar-refractivity contribution in [2.75, 3.05) is 32.4 Å². The number of carbonyl (C=O) groups excluding carboxylic acids is 1. The quantitative estimate of drug-likeness (QED) is 0.681. The summed E-state index contributed by atoms with van der Waals surface area (Å²) in [7, 11) is 7.13. The van der Waals surface area contributed by atoms with E-state index in [-0.39, 0.29) is 11.5 Å². The average Bonchev–Trinajstić information content (AvgIpc) is 2.71. The van der Waals surface area contributed by atoms with E-state index in [0.29, 0.717) is 22.8 Å². The lowest BCUT2D eigenvalue weighted by Gasteiger charge is -2.14. The molecule has 0 bridgehead atoms. The van der Waals surface area contributed by atoms with Gasteiger partial charge in [-0.05, 0) is 18.2 Å². The molecule has 1 aromatic heterocycles. The zero-order valence-electron chi connectivity index (χ0n) is 16.2. The van der Waals surface area contributed by atoms with Crippen LogP contribution in [0.4, 0.5) is 11.5 Å². The molecule has 2 rings (SSSR count). The maximum atomic E-state index is 12.3. The summed E-state index contributed by atoms with van der Waals surface area (Å²) in [6, 6.07) is 3.35. The van der Waals surface area contributed by atoms with E-state index in [1.165, 1.54) is 47.6 Å². The summed E-state index contributed by atoms with van der Waals surface area (Å²) < 4.78 is 17.8. The van der Waals surface area contributed by atoms with Gasteiger partial charge in [0.15, 0.2) is 11.5 Å². The van der Waals surface area contributed by atoms with Gasteiger partial charge in [-0.1, -0.05) is 0 Å². The number of ether oxygens (including phenoxy) is 3. The van der Waals surface area contributed by atoms with Gasteiger partial charge < -0.3 is 25.3 Å². The van der Waals surface area contributed by atoms with Gasteiger partial charge in [0.05, 0.1) is 21.3 Å². The fraction of sp³-hybridized carbons (Fsp3) is 0.278. The van der Waals surface area contributed by atoms with Gasteiger partial charge in [-0.25, -0.2) is 4.79 Å². The minimum absolute atomic E-state index is 0.140. The Morgan fingerprint density at radius 2 is 1.68 bits per heavy atom. The Balaban J connectivity index is 2.36. The van der Waals surface area contributed by atoms with Crippen LogP contribution in [0.3, 0.4) is 0 Å². The summed E-state index contributed by atoms with van der Waals surface area (Å²) in [5, 5.41) is 2.41. The zero-order valence-corrected chi connectivity index (χ0v) is 16.2. The lowest BCUT2D eigenvalue weighted by Crippen LogP contribution is -2.40. The van der Waals surface area contributed by atoms with Gasteiger partial charge in [0.2, 0.25) is 11.7 Å². The van der Waals surface area contributed by atoms with Crippen molar-refractivity contribution in [1.82, 2.24) is 9.13 Å². The molecule has 0 fully saturated rings. The van der Waals surface area contributed by atoms with Crippen molar-refractivity contribution in [1.29, 1.82) is 0 Å². The molecule has 0 spiro atoms. The van der Waals surface area contributed by atoms with Gasteiger partial charge >= 0.3 is 5.69 Å². The standard InChI is InChI=1S/C18H22N4O6/c1-21-16(19)13(17(24)22(2)18(21)25)20-12(23)9-7-10-6-8-11(26-3)15(28-5)14(10)27-4/h6-9H,19H2,1-5H3,(H,20,23)/b9-7+. The van der Waals surface area contributed by atoms with E-state index in [4.69, 9.17) is 19.9 Å². The normalized spacial score (nSPS) is 10.8. The first-order valence-electron chi connectivity index (χ1n) is 8.10. The van der Waals surface area contributed by atoms with Crippen molar-refractivity contribution in [3.63, 3.8) is 0 Å². The van der Waals surface area contributed by atoms with Crippen molar-refractivity contribution in [3.8, 4) is 17.2 Å². The average molecular weight is 390 g/mol. The van der Waals surface area contributed by atoms with E-state index in [9.17, 15) is 14.4 Å². The lowest BCUT2D eigenvalue weighted by atomic mass is 10.1. The van der Waals surface area contributed by atoms with Crippen LogP contribution in [0.5, 0.6) is 17.2 Å². The summed E-state index contributed by atoms with van der Waals surface area (Å²) in [4.78, 5) is 36.3. The molecular weight excluding hydrogens is 368 g/mol. The van der Waals surface area contributed by atoms with E-state index < -0.39 is 17.2 Å². The Bertz CT molecular complexity index is 1050. The van der Waals surface area contributed by atoms with Crippen molar-refractivity contribution < 1.29 is 19.0 Å². The molecule has 2 aromatic rings. The second-order valence-corrected chi connectivity index (χ2v) is 5.71. The zero-order chi connectivity index (χ0) is 21.0. The molecule has 10 nitrogen and oxygen atoms in total. The van der Waals surface area contributed by atoms with Crippen molar-refractivity contribution in [2.45, 2.75) is 0 Å². The molecule has 0 saturated carbocycles. The third-order valence-electron chi connectivity index (χ3n) is 4.11. The Morgan fingerprint density at radius 1 is 1.04 bits per heavy atom. The maximum absolute atomic E-state index is 12.3. The Kier molecular flexibility index (Phi) is 6.14. The fourth-order valence-electron chi connectivity index (χ4n) is 2.56. The summed E-state index contributed by atoms with van der Waals surface area (Å²) in [6.07, 6.45) is 2.69. The Hall–Kier alpha value is -3.69. The number of nitrogen functional groups attached to an aromatic ring is 1. The number of amides is 1. The lowest BCUT2D eigenvalue weighted by molar-refractivity contribution is -0.111.